The first-order chi connectivity index (χ1) is 17.0. The summed E-state index contributed by atoms with van der Waals surface area (Å²) in [5.41, 5.74) is 2.74. The van der Waals surface area contributed by atoms with Crippen LogP contribution in [0.15, 0.2) is 67.1 Å². The highest BCUT2D eigenvalue weighted by molar-refractivity contribution is 6.05. The third-order valence-corrected chi connectivity index (χ3v) is 6.04. The van der Waals surface area contributed by atoms with Crippen LogP contribution in [0.3, 0.4) is 0 Å². The second-order valence-corrected chi connectivity index (χ2v) is 8.41. The van der Waals surface area contributed by atoms with Crippen molar-refractivity contribution in [2.75, 3.05) is 41.3 Å². The van der Waals surface area contributed by atoms with E-state index in [2.05, 4.69) is 25.2 Å². The number of aryl methyl sites for hydroxylation is 1. The minimum atomic E-state index is -1.09. The Morgan fingerprint density at radius 3 is 2.37 bits per heavy atom. The lowest BCUT2D eigenvalue weighted by Gasteiger charge is -2.36. The maximum Gasteiger partial charge on any atom is 0.339 e. The molecule has 0 radical (unpaired) electrons. The number of aromatic carboxylic acids is 1. The number of aromatic nitrogens is 3. The fraction of sp³-hybridized carbons (Fsp3) is 0.192. The van der Waals surface area contributed by atoms with Gasteiger partial charge in [-0.3, -0.25) is 4.79 Å². The summed E-state index contributed by atoms with van der Waals surface area (Å²) in [6.45, 7) is 4.39. The number of fused-ring (bicyclic) bond motifs is 1. The molecule has 0 unspecified atom stereocenters. The van der Waals surface area contributed by atoms with Gasteiger partial charge in [0.2, 0.25) is 0 Å². The predicted molar refractivity (Wildman–Crippen MR) is 134 cm³/mol. The first-order valence-electron chi connectivity index (χ1n) is 11.3. The van der Waals surface area contributed by atoms with Gasteiger partial charge in [0.25, 0.3) is 5.91 Å². The fourth-order valence-electron chi connectivity index (χ4n) is 4.30. The van der Waals surface area contributed by atoms with Gasteiger partial charge in [-0.25, -0.2) is 19.7 Å². The Morgan fingerprint density at radius 1 is 0.886 bits per heavy atom. The Kier molecular flexibility index (Phi) is 5.97. The van der Waals surface area contributed by atoms with Gasteiger partial charge >= 0.3 is 5.97 Å². The molecule has 9 nitrogen and oxygen atoms in total. The minimum absolute atomic E-state index is 0.0491. The zero-order valence-corrected chi connectivity index (χ0v) is 19.2. The van der Waals surface area contributed by atoms with Crippen LogP contribution >= 0.6 is 0 Å². The Hall–Kier alpha value is -4.53. The molecule has 0 aliphatic carbocycles. The highest BCUT2D eigenvalue weighted by atomic mass is 16.4. The Balaban J connectivity index is 1.33. The fourth-order valence-corrected chi connectivity index (χ4v) is 4.30. The van der Waals surface area contributed by atoms with E-state index in [0.717, 1.165) is 22.3 Å². The second kappa shape index (κ2) is 9.38. The number of anilines is 3. The van der Waals surface area contributed by atoms with Gasteiger partial charge in [-0.15, -0.1) is 0 Å². The minimum Gasteiger partial charge on any atom is -0.478 e. The molecule has 5 rings (SSSR count). The van der Waals surface area contributed by atoms with Crippen molar-refractivity contribution in [3.05, 3.63) is 83.8 Å². The Labute approximate surface area is 202 Å². The van der Waals surface area contributed by atoms with E-state index in [4.69, 9.17) is 0 Å². The number of pyridine rings is 1. The molecule has 1 saturated heterocycles. The SMILES string of the molecule is Cc1cccc(C(=O)Nc2cnc(N3CCN(c4ncnc5ccccc45)CC3)c(C(=O)O)c2)c1. The number of carbonyl (C=O) groups excluding carboxylic acids is 1. The number of para-hydroxylation sites is 1. The highest BCUT2D eigenvalue weighted by Gasteiger charge is 2.25. The van der Waals surface area contributed by atoms with Crippen molar-refractivity contribution in [2.45, 2.75) is 6.92 Å². The van der Waals surface area contributed by atoms with Gasteiger partial charge in [-0.1, -0.05) is 29.8 Å². The molecule has 1 fully saturated rings. The third kappa shape index (κ3) is 4.61. The van der Waals surface area contributed by atoms with E-state index in [9.17, 15) is 14.7 Å². The summed E-state index contributed by atoms with van der Waals surface area (Å²) < 4.78 is 0. The monoisotopic (exact) mass is 468 g/mol. The molecular formula is C26H24N6O3. The molecule has 1 aliphatic heterocycles. The molecule has 2 N–H and O–H groups in total. The van der Waals surface area contributed by atoms with E-state index >= 15 is 0 Å². The van der Waals surface area contributed by atoms with Gasteiger partial charge < -0.3 is 20.2 Å². The number of hydrogen-bond donors (Lipinski definition) is 2. The number of carboxylic acid groups (broad SMARTS) is 1. The number of benzene rings is 2. The maximum absolute atomic E-state index is 12.6. The second-order valence-electron chi connectivity index (χ2n) is 8.41. The van der Waals surface area contributed by atoms with Crippen molar-refractivity contribution in [1.82, 2.24) is 15.0 Å². The summed E-state index contributed by atoms with van der Waals surface area (Å²) in [6, 6.07) is 16.5. The molecule has 1 amide bonds. The molecule has 9 heteroatoms. The lowest BCUT2D eigenvalue weighted by molar-refractivity contribution is 0.0696. The average Bonchev–Trinajstić information content (AvgIpc) is 2.88. The Bertz CT molecular complexity index is 1410. The van der Waals surface area contributed by atoms with E-state index in [1.807, 2.05) is 42.2 Å². The van der Waals surface area contributed by atoms with Crippen molar-refractivity contribution < 1.29 is 14.7 Å². The average molecular weight is 469 g/mol. The van der Waals surface area contributed by atoms with E-state index in [-0.39, 0.29) is 11.5 Å². The molecule has 0 spiro atoms. The summed E-state index contributed by atoms with van der Waals surface area (Å²) in [4.78, 5) is 42.0. The first kappa shape index (κ1) is 22.3. The zero-order valence-electron chi connectivity index (χ0n) is 19.2. The van der Waals surface area contributed by atoms with Crippen molar-refractivity contribution in [2.24, 2.45) is 0 Å². The van der Waals surface area contributed by atoms with Gasteiger partial charge in [-0.05, 0) is 37.3 Å². The summed E-state index contributed by atoms with van der Waals surface area (Å²) in [5, 5.41) is 13.6. The van der Waals surface area contributed by atoms with Crippen LogP contribution in [0.2, 0.25) is 0 Å². The van der Waals surface area contributed by atoms with Gasteiger partial charge in [0.1, 0.15) is 23.5 Å². The third-order valence-electron chi connectivity index (χ3n) is 6.04. The topological polar surface area (TPSA) is 112 Å². The summed E-state index contributed by atoms with van der Waals surface area (Å²) in [7, 11) is 0. The lowest BCUT2D eigenvalue weighted by atomic mass is 10.1. The van der Waals surface area contributed by atoms with Crippen LogP contribution in [0, 0.1) is 6.92 Å². The van der Waals surface area contributed by atoms with E-state index in [0.29, 0.717) is 43.2 Å². The van der Waals surface area contributed by atoms with Crippen LogP contribution in [0.1, 0.15) is 26.3 Å². The van der Waals surface area contributed by atoms with Crippen molar-refractivity contribution >= 4 is 40.1 Å². The van der Waals surface area contributed by atoms with Crippen LogP contribution in [0.4, 0.5) is 17.3 Å². The van der Waals surface area contributed by atoms with E-state index < -0.39 is 5.97 Å². The van der Waals surface area contributed by atoms with Gasteiger partial charge in [0.05, 0.1) is 17.4 Å². The quantitative estimate of drug-likeness (QED) is 0.457. The van der Waals surface area contributed by atoms with Crippen LogP contribution in [-0.2, 0) is 0 Å². The normalized spacial score (nSPS) is 13.6. The first-order valence-corrected chi connectivity index (χ1v) is 11.3. The molecule has 35 heavy (non-hydrogen) atoms. The number of carbonyl (C=O) groups is 2. The molecule has 4 aromatic rings. The molecule has 0 atom stereocenters. The molecule has 0 saturated carbocycles. The number of nitrogens with one attached hydrogen (secondary N) is 1. The number of hydrogen-bond acceptors (Lipinski definition) is 7. The number of rotatable bonds is 5. The Morgan fingerprint density at radius 2 is 1.63 bits per heavy atom. The van der Waals surface area contributed by atoms with Gasteiger partial charge in [0, 0.05) is 37.1 Å². The molecular weight excluding hydrogens is 444 g/mol. The van der Waals surface area contributed by atoms with Crippen molar-refractivity contribution in [3.8, 4) is 0 Å². The molecule has 176 valence electrons. The largest absolute Gasteiger partial charge is 0.478 e. The van der Waals surface area contributed by atoms with E-state index in [1.54, 1.807) is 24.5 Å². The molecule has 2 aromatic heterocycles. The predicted octanol–water partition coefficient (Wildman–Crippen LogP) is 3.61. The smallest absolute Gasteiger partial charge is 0.339 e. The summed E-state index contributed by atoms with van der Waals surface area (Å²) >= 11 is 0. The molecule has 0 bridgehead atoms. The number of carboxylic acids is 1. The highest BCUT2D eigenvalue weighted by Crippen LogP contribution is 2.27. The number of amides is 1. The van der Waals surface area contributed by atoms with Crippen LogP contribution in [0.25, 0.3) is 10.9 Å². The van der Waals surface area contributed by atoms with Crippen LogP contribution in [0.5, 0.6) is 0 Å². The summed E-state index contributed by atoms with van der Waals surface area (Å²) in [5.74, 6) is -0.150. The molecule has 2 aromatic carbocycles. The maximum atomic E-state index is 12.6. The molecule has 1 aliphatic rings. The summed E-state index contributed by atoms with van der Waals surface area (Å²) in [6.07, 6.45) is 3.07. The number of nitrogens with zero attached hydrogens (tertiary/aromatic N) is 5. The zero-order chi connectivity index (χ0) is 24.4. The van der Waals surface area contributed by atoms with Crippen LogP contribution < -0.4 is 15.1 Å². The lowest BCUT2D eigenvalue weighted by Crippen LogP contribution is -2.47. The van der Waals surface area contributed by atoms with Gasteiger partial charge in [-0.2, -0.15) is 0 Å². The van der Waals surface area contributed by atoms with Crippen molar-refractivity contribution in [1.29, 1.82) is 0 Å². The standard InChI is InChI=1S/C26H24N6O3/c1-17-5-4-6-18(13-17)25(33)30-19-14-21(26(34)35)24(27-15-19)32-11-9-31(10-12-32)23-20-7-2-3-8-22(20)28-16-29-23/h2-8,13-16H,9-12H2,1H3,(H,30,33)(H,34,35). The van der Waals surface area contributed by atoms with E-state index in [1.165, 1.54) is 12.3 Å². The molecule has 3 heterocycles. The van der Waals surface area contributed by atoms with Gasteiger partial charge in [0.15, 0.2) is 0 Å². The van der Waals surface area contributed by atoms with Crippen LogP contribution in [-0.4, -0.2) is 58.1 Å². The van der Waals surface area contributed by atoms with Crippen molar-refractivity contribution in [3.63, 3.8) is 0 Å². The number of piperazine rings is 1.